The summed E-state index contributed by atoms with van der Waals surface area (Å²) in [6.07, 6.45) is 0. The molecule has 1 heteroatoms. The summed E-state index contributed by atoms with van der Waals surface area (Å²) in [4.78, 5) is 0. The minimum atomic E-state index is 0.0558. The van der Waals surface area contributed by atoms with Gasteiger partial charge in [0.05, 0.1) is 7.98 Å². The Kier molecular flexibility index (Phi) is 1.27. The first-order valence-corrected chi connectivity index (χ1v) is 2.49. The molecular weight excluding hydrogens is 100 g/mol. The summed E-state index contributed by atoms with van der Waals surface area (Å²) in [6.45, 7) is 0.0558. The van der Waals surface area contributed by atoms with Crippen molar-refractivity contribution in [3.63, 3.8) is 0 Å². The molecule has 1 rings (SSSR count). The van der Waals surface area contributed by atoms with E-state index in [-0.39, 0.29) is 6.61 Å². The molecule has 8 heavy (non-hydrogen) atoms. The van der Waals surface area contributed by atoms with E-state index < -0.39 is 0 Å². The molecule has 0 atom stereocenters. The van der Waals surface area contributed by atoms with E-state index in [1.807, 2.05) is 0 Å². The summed E-state index contributed by atoms with van der Waals surface area (Å²) in [5.74, 6) is 0. The Bertz CT molecular complexity index is 181. The average Bonchev–Trinajstić information content (AvgIpc) is 1.90. The molecule has 0 spiro atoms. The van der Waals surface area contributed by atoms with Crippen LogP contribution in [0.2, 0.25) is 0 Å². The number of rotatable bonds is 1. The number of benzene rings is 1. The van der Waals surface area contributed by atoms with Gasteiger partial charge in [-0.15, -0.1) is 0 Å². The minimum absolute atomic E-state index is 0.0558. The van der Waals surface area contributed by atoms with Gasteiger partial charge in [-0.2, -0.15) is 0 Å². The summed E-state index contributed by atoms with van der Waals surface area (Å²) < 4.78 is 7.09. The van der Waals surface area contributed by atoms with Crippen molar-refractivity contribution in [1.82, 2.24) is 0 Å². The molecule has 0 aromatic heterocycles. The number of aliphatic hydroxyl groups is 1. The second-order valence-electron chi connectivity index (χ2n) is 1.57. The first-order chi connectivity index (χ1) is 4.33. The van der Waals surface area contributed by atoms with Crippen molar-refractivity contribution in [3.8, 4) is 0 Å². The van der Waals surface area contributed by atoms with Crippen LogP contribution in [0.3, 0.4) is 0 Å². The lowest BCUT2D eigenvalue weighted by atomic mass is 10.2. The molecule has 0 heterocycles. The standard InChI is InChI=1S/C7H8O/c8-6-7-4-2-1-3-5-7/h1-5,8H,6H2/i1D. The van der Waals surface area contributed by atoms with E-state index in [2.05, 4.69) is 0 Å². The van der Waals surface area contributed by atoms with Crippen LogP contribution in [0.15, 0.2) is 30.3 Å². The van der Waals surface area contributed by atoms with E-state index >= 15 is 0 Å². The van der Waals surface area contributed by atoms with Crippen molar-refractivity contribution in [2.24, 2.45) is 0 Å². The predicted molar refractivity (Wildman–Crippen MR) is 32.4 cm³/mol. The van der Waals surface area contributed by atoms with Crippen molar-refractivity contribution in [3.05, 3.63) is 35.9 Å². The van der Waals surface area contributed by atoms with Crippen LogP contribution >= 0.6 is 0 Å². The first-order valence-electron chi connectivity index (χ1n) is 2.99. The Morgan fingerprint density at radius 1 is 1.50 bits per heavy atom. The van der Waals surface area contributed by atoms with Crippen LogP contribution in [-0.4, -0.2) is 5.11 Å². The molecule has 1 aromatic carbocycles. The zero-order valence-corrected chi connectivity index (χ0v) is 4.46. The predicted octanol–water partition coefficient (Wildman–Crippen LogP) is 1.18. The highest BCUT2D eigenvalue weighted by atomic mass is 16.3. The van der Waals surface area contributed by atoms with Crippen LogP contribution in [0.1, 0.15) is 6.93 Å². The molecule has 0 bridgehead atoms. The molecule has 42 valence electrons. The van der Waals surface area contributed by atoms with Crippen LogP contribution in [0.4, 0.5) is 0 Å². The molecule has 1 N–H and O–H groups in total. The van der Waals surface area contributed by atoms with Crippen molar-refractivity contribution in [2.75, 3.05) is 0 Å². The van der Waals surface area contributed by atoms with E-state index in [4.69, 9.17) is 6.48 Å². The summed E-state index contributed by atoms with van der Waals surface area (Å²) in [5, 5.41) is 8.57. The largest absolute Gasteiger partial charge is 0.392 e. The Morgan fingerprint density at radius 3 is 2.62 bits per heavy atom. The van der Waals surface area contributed by atoms with Gasteiger partial charge in [-0.3, -0.25) is 0 Å². The fourth-order valence-corrected chi connectivity index (χ4v) is 0.527. The molecule has 1 nitrogen and oxygen atoms in total. The Hall–Kier alpha value is -0.820. The highest BCUT2D eigenvalue weighted by Gasteiger charge is 1.81. The zero-order chi connectivity index (χ0) is 6.69. The van der Waals surface area contributed by atoms with E-state index in [1.54, 1.807) is 24.3 Å². The number of hydrogen-bond donors (Lipinski definition) is 1. The zero-order valence-electron chi connectivity index (χ0n) is 5.46. The molecule has 0 aliphatic rings. The minimum Gasteiger partial charge on any atom is -0.392 e. The lowest BCUT2D eigenvalue weighted by Crippen LogP contribution is -1.77. The first kappa shape index (κ1) is 4.10. The summed E-state index contributed by atoms with van der Waals surface area (Å²) in [6, 6.07) is 7.27. The Balaban J connectivity index is 2.88. The van der Waals surface area contributed by atoms with Crippen molar-refractivity contribution < 1.29 is 6.48 Å². The van der Waals surface area contributed by atoms with Gasteiger partial charge in [-0.05, 0) is 5.56 Å². The fourth-order valence-electron chi connectivity index (χ4n) is 0.527. The van der Waals surface area contributed by atoms with E-state index in [0.29, 0.717) is 6.04 Å². The van der Waals surface area contributed by atoms with Gasteiger partial charge in [0, 0.05) is 0 Å². The van der Waals surface area contributed by atoms with Gasteiger partial charge in [0.25, 0.3) is 0 Å². The summed E-state index contributed by atoms with van der Waals surface area (Å²) in [5.41, 5.74) is 0.853. The molecule has 0 unspecified atom stereocenters. The van der Waals surface area contributed by atoms with Crippen molar-refractivity contribution in [2.45, 2.75) is 6.61 Å². The normalized spacial score (nSPS) is 10.9. The Morgan fingerprint density at radius 2 is 2.12 bits per heavy atom. The van der Waals surface area contributed by atoms with E-state index in [9.17, 15) is 0 Å². The van der Waals surface area contributed by atoms with E-state index in [1.165, 1.54) is 0 Å². The molecule has 0 aliphatic carbocycles. The van der Waals surface area contributed by atoms with Gasteiger partial charge in [0.15, 0.2) is 0 Å². The van der Waals surface area contributed by atoms with Crippen LogP contribution in [0.5, 0.6) is 0 Å². The monoisotopic (exact) mass is 109 g/mol. The van der Waals surface area contributed by atoms with Crippen LogP contribution < -0.4 is 0 Å². The fraction of sp³-hybridized carbons (Fsp3) is 0.143. The van der Waals surface area contributed by atoms with Crippen molar-refractivity contribution >= 4 is 0 Å². The third-order valence-corrected chi connectivity index (χ3v) is 0.970. The highest BCUT2D eigenvalue weighted by molar-refractivity contribution is 5.12. The molecule has 0 fully saturated rings. The highest BCUT2D eigenvalue weighted by Crippen LogP contribution is 1.95. The van der Waals surface area contributed by atoms with Gasteiger partial charge >= 0.3 is 0 Å². The average molecular weight is 109 g/mol. The second-order valence-corrected chi connectivity index (χ2v) is 1.57. The smallest absolute Gasteiger partial charge is 0.0681 e. The molecule has 0 aliphatic heterocycles. The van der Waals surface area contributed by atoms with Gasteiger partial charge in [-0.1, -0.05) is 30.3 Å². The maximum Gasteiger partial charge on any atom is 0.0681 e. The van der Waals surface area contributed by atoms with Crippen molar-refractivity contribution in [1.29, 1.82) is 0 Å². The maximum atomic E-state index is 8.57. The molecular formula is C7H8O. The Labute approximate surface area is 50.0 Å². The third kappa shape index (κ3) is 1.07. The third-order valence-electron chi connectivity index (χ3n) is 0.970. The van der Waals surface area contributed by atoms with Gasteiger partial charge in [0.2, 0.25) is 0 Å². The maximum absolute atomic E-state index is 8.57. The van der Waals surface area contributed by atoms with Gasteiger partial charge in [-0.25, -0.2) is 0 Å². The quantitative estimate of drug-likeness (QED) is 0.574. The lowest BCUT2D eigenvalue weighted by Gasteiger charge is -1.89. The number of hydrogen-bond acceptors (Lipinski definition) is 1. The van der Waals surface area contributed by atoms with Crippen LogP contribution in [0, 0.1) is 0 Å². The van der Waals surface area contributed by atoms with Crippen LogP contribution in [-0.2, 0) is 6.61 Å². The summed E-state index contributed by atoms with van der Waals surface area (Å²) in [7, 11) is 0. The molecule has 1 aromatic rings. The van der Waals surface area contributed by atoms with E-state index in [0.717, 1.165) is 5.56 Å². The summed E-state index contributed by atoms with van der Waals surface area (Å²) >= 11 is 0. The SMILES string of the molecule is [2H]c1ccc(CO)cc1. The van der Waals surface area contributed by atoms with Gasteiger partial charge in [0.1, 0.15) is 0 Å². The van der Waals surface area contributed by atoms with Gasteiger partial charge < -0.3 is 5.11 Å². The molecule has 0 saturated heterocycles. The van der Waals surface area contributed by atoms with Crippen LogP contribution in [0.25, 0.3) is 0 Å². The molecule has 0 amide bonds. The topological polar surface area (TPSA) is 20.2 Å². The second kappa shape index (κ2) is 2.48. The lowest BCUT2D eigenvalue weighted by molar-refractivity contribution is 0.282. The molecule has 0 saturated carbocycles. The molecule has 0 radical (unpaired) electrons. The number of aliphatic hydroxyl groups excluding tert-OH is 1.